The van der Waals surface area contributed by atoms with Crippen LogP contribution in [0.1, 0.15) is 26.2 Å². The summed E-state index contributed by atoms with van der Waals surface area (Å²) in [5, 5.41) is 3.39. The van der Waals surface area contributed by atoms with Crippen molar-refractivity contribution in [2.24, 2.45) is 5.41 Å². The summed E-state index contributed by atoms with van der Waals surface area (Å²) in [6.45, 7) is 5.98. The second-order valence-corrected chi connectivity index (χ2v) is 4.44. The molecule has 1 aliphatic rings. The van der Waals surface area contributed by atoms with Crippen LogP contribution in [0, 0.1) is 5.41 Å². The zero-order valence-electron chi connectivity index (χ0n) is 8.69. The molecule has 0 radical (unpaired) electrons. The fourth-order valence-electron chi connectivity index (χ4n) is 2.07. The molecular weight excluding hydrogens is 148 g/mol. The van der Waals surface area contributed by atoms with E-state index < -0.39 is 0 Å². The highest BCUT2D eigenvalue weighted by atomic mass is 15.1. The molecule has 0 bridgehead atoms. The maximum atomic E-state index is 3.39. The maximum Gasteiger partial charge on any atom is 0.00795 e. The smallest absolute Gasteiger partial charge is 0.00795 e. The molecule has 1 saturated heterocycles. The zero-order valence-corrected chi connectivity index (χ0v) is 8.69. The maximum absolute atomic E-state index is 3.39. The number of nitrogens with zero attached hydrogens (tertiary/aromatic N) is 1. The third-order valence-corrected chi connectivity index (χ3v) is 2.71. The zero-order chi connectivity index (χ0) is 9.03. The average Bonchev–Trinajstić information content (AvgIpc) is 1.94. The minimum Gasteiger partial charge on any atom is -0.315 e. The summed E-state index contributed by atoms with van der Waals surface area (Å²) in [7, 11) is 4.35. The van der Waals surface area contributed by atoms with Crippen molar-refractivity contribution in [3.8, 4) is 0 Å². The van der Waals surface area contributed by atoms with Crippen LogP contribution in [-0.4, -0.2) is 38.6 Å². The summed E-state index contributed by atoms with van der Waals surface area (Å²) in [6, 6.07) is 0. The molecule has 0 aromatic heterocycles. The predicted octanol–water partition coefficient (Wildman–Crippen LogP) is 1.33. The van der Waals surface area contributed by atoms with Crippen molar-refractivity contribution in [1.82, 2.24) is 10.2 Å². The Hall–Kier alpha value is -0.0800. The van der Waals surface area contributed by atoms with Crippen molar-refractivity contribution in [3.63, 3.8) is 0 Å². The Kier molecular flexibility index (Phi) is 3.53. The fourth-order valence-corrected chi connectivity index (χ4v) is 2.07. The van der Waals surface area contributed by atoms with Crippen molar-refractivity contribution in [3.05, 3.63) is 0 Å². The summed E-state index contributed by atoms with van der Waals surface area (Å²) < 4.78 is 0. The van der Waals surface area contributed by atoms with Gasteiger partial charge in [0.05, 0.1) is 0 Å². The minimum absolute atomic E-state index is 0.611. The van der Waals surface area contributed by atoms with E-state index in [1.807, 2.05) is 0 Å². The molecule has 1 aliphatic heterocycles. The van der Waals surface area contributed by atoms with Gasteiger partial charge in [-0.1, -0.05) is 19.8 Å². The first-order chi connectivity index (χ1) is 5.68. The standard InChI is InChI=1S/C10H22N2/c1-4-5-6-10(7-11-8-10)9-12(2)3/h11H,4-9H2,1-3H3. The number of nitrogens with one attached hydrogen (secondary N) is 1. The van der Waals surface area contributed by atoms with E-state index in [0.717, 1.165) is 0 Å². The summed E-state index contributed by atoms with van der Waals surface area (Å²) >= 11 is 0. The first-order valence-corrected chi connectivity index (χ1v) is 5.04. The van der Waals surface area contributed by atoms with Gasteiger partial charge in [-0.05, 0) is 20.5 Å². The molecule has 0 spiro atoms. The summed E-state index contributed by atoms with van der Waals surface area (Å²) in [5.74, 6) is 0. The van der Waals surface area contributed by atoms with Crippen molar-refractivity contribution >= 4 is 0 Å². The average molecular weight is 170 g/mol. The fraction of sp³-hybridized carbons (Fsp3) is 1.00. The van der Waals surface area contributed by atoms with Crippen LogP contribution in [0.5, 0.6) is 0 Å². The lowest BCUT2D eigenvalue weighted by atomic mass is 9.77. The van der Waals surface area contributed by atoms with E-state index in [1.54, 1.807) is 0 Å². The van der Waals surface area contributed by atoms with Crippen molar-refractivity contribution < 1.29 is 0 Å². The Labute approximate surface area is 76.3 Å². The monoisotopic (exact) mass is 170 g/mol. The van der Waals surface area contributed by atoms with Crippen LogP contribution in [-0.2, 0) is 0 Å². The molecular formula is C10H22N2. The molecule has 0 aliphatic carbocycles. The van der Waals surface area contributed by atoms with Gasteiger partial charge >= 0.3 is 0 Å². The third kappa shape index (κ3) is 2.46. The van der Waals surface area contributed by atoms with Gasteiger partial charge in [-0.15, -0.1) is 0 Å². The molecule has 0 atom stereocenters. The van der Waals surface area contributed by atoms with Crippen LogP contribution in [0.25, 0.3) is 0 Å². The molecule has 0 amide bonds. The van der Waals surface area contributed by atoms with E-state index in [0.29, 0.717) is 5.41 Å². The Morgan fingerprint density at radius 1 is 1.33 bits per heavy atom. The lowest BCUT2D eigenvalue weighted by Crippen LogP contribution is -2.57. The Balaban J connectivity index is 2.29. The topological polar surface area (TPSA) is 15.3 Å². The third-order valence-electron chi connectivity index (χ3n) is 2.71. The van der Waals surface area contributed by atoms with Crippen LogP contribution < -0.4 is 5.32 Å². The van der Waals surface area contributed by atoms with Gasteiger partial charge < -0.3 is 10.2 Å². The van der Waals surface area contributed by atoms with Gasteiger partial charge in [0.2, 0.25) is 0 Å². The predicted molar refractivity (Wildman–Crippen MR) is 53.4 cm³/mol. The van der Waals surface area contributed by atoms with Gasteiger partial charge in [0.15, 0.2) is 0 Å². The normalized spacial score (nSPS) is 21.0. The van der Waals surface area contributed by atoms with Crippen LogP contribution in [0.15, 0.2) is 0 Å². The molecule has 0 aromatic rings. The molecule has 12 heavy (non-hydrogen) atoms. The van der Waals surface area contributed by atoms with Gasteiger partial charge in [-0.2, -0.15) is 0 Å². The molecule has 0 aromatic carbocycles. The molecule has 2 heteroatoms. The summed E-state index contributed by atoms with van der Waals surface area (Å²) in [4.78, 5) is 2.32. The van der Waals surface area contributed by atoms with E-state index in [4.69, 9.17) is 0 Å². The Morgan fingerprint density at radius 3 is 2.33 bits per heavy atom. The highest BCUT2D eigenvalue weighted by Crippen LogP contribution is 2.29. The second-order valence-electron chi connectivity index (χ2n) is 4.44. The SMILES string of the molecule is CCCCC1(CN(C)C)CNC1. The molecule has 1 N–H and O–H groups in total. The van der Waals surface area contributed by atoms with Gasteiger partial charge in [0.1, 0.15) is 0 Å². The first kappa shape index (κ1) is 10.0. The molecule has 0 saturated carbocycles. The van der Waals surface area contributed by atoms with E-state index in [-0.39, 0.29) is 0 Å². The van der Waals surface area contributed by atoms with Crippen molar-refractivity contribution in [1.29, 1.82) is 0 Å². The van der Waals surface area contributed by atoms with Crippen LogP contribution >= 0.6 is 0 Å². The van der Waals surface area contributed by atoms with Gasteiger partial charge in [0.25, 0.3) is 0 Å². The highest BCUT2D eigenvalue weighted by Gasteiger charge is 2.36. The summed E-state index contributed by atoms with van der Waals surface area (Å²) in [5.41, 5.74) is 0.611. The van der Waals surface area contributed by atoms with E-state index >= 15 is 0 Å². The second kappa shape index (κ2) is 4.24. The van der Waals surface area contributed by atoms with E-state index in [9.17, 15) is 0 Å². The highest BCUT2D eigenvalue weighted by molar-refractivity contribution is 4.93. The Bertz CT molecular complexity index is 128. The largest absolute Gasteiger partial charge is 0.315 e. The Morgan fingerprint density at radius 2 is 2.00 bits per heavy atom. The number of rotatable bonds is 5. The quantitative estimate of drug-likeness (QED) is 0.669. The molecule has 0 unspecified atom stereocenters. The molecule has 1 heterocycles. The van der Waals surface area contributed by atoms with Crippen molar-refractivity contribution in [2.75, 3.05) is 33.7 Å². The molecule has 2 nitrogen and oxygen atoms in total. The van der Waals surface area contributed by atoms with Gasteiger partial charge in [-0.25, -0.2) is 0 Å². The number of hydrogen-bond acceptors (Lipinski definition) is 2. The van der Waals surface area contributed by atoms with Crippen molar-refractivity contribution in [2.45, 2.75) is 26.2 Å². The molecule has 1 fully saturated rings. The van der Waals surface area contributed by atoms with Gasteiger partial charge in [0, 0.05) is 25.0 Å². The summed E-state index contributed by atoms with van der Waals surface area (Å²) in [6.07, 6.45) is 4.11. The van der Waals surface area contributed by atoms with E-state index in [1.165, 1.54) is 38.9 Å². The molecule has 1 rings (SSSR count). The lowest BCUT2D eigenvalue weighted by molar-refractivity contribution is 0.103. The van der Waals surface area contributed by atoms with Crippen LogP contribution in [0.4, 0.5) is 0 Å². The lowest BCUT2D eigenvalue weighted by Gasteiger charge is -2.44. The minimum atomic E-state index is 0.611. The van der Waals surface area contributed by atoms with Crippen LogP contribution in [0.2, 0.25) is 0 Å². The van der Waals surface area contributed by atoms with E-state index in [2.05, 4.69) is 31.2 Å². The van der Waals surface area contributed by atoms with Gasteiger partial charge in [-0.3, -0.25) is 0 Å². The van der Waals surface area contributed by atoms with Crippen LogP contribution in [0.3, 0.4) is 0 Å². The number of unbranched alkanes of at least 4 members (excludes halogenated alkanes) is 1. The number of hydrogen-bond donors (Lipinski definition) is 1. The first-order valence-electron chi connectivity index (χ1n) is 5.04. The molecule has 72 valence electrons.